The van der Waals surface area contributed by atoms with Crippen LogP contribution in [0.4, 0.5) is 5.13 Å². The third-order valence-electron chi connectivity index (χ3n) is 3.29. The van der Waals surface area contributed by atoms with E-state index in [-0.39, 0.29) is 6.04 Å². The van der Waals surface area contributed by atoms with Crippen molar-refractivity contribution >= 4 is 26.7 Å². The summed E-state index contributed by atoms with van der Waals surface area (Å²) < 4.78 is 29.6. The molecule has 21 heavy (non-hydrogen) atoms. The molecule has 6 nitrogen and oxygen atoms in total. The summed E-state index contributed by atoms with van der Waals surface area (Å²) >= 11 is 1.35. The number of nitrogens with zero attached hydrogens (tertiary/aromatic N) is 3. The van der Waals surface area contributed by atoms with Gasteiger partial charge in [0.05, 0.1) is 6.26 Å². The van der Waals surface area contributed by atoms with Gasteiger partial charge in [0.2, 0.25) is 15.2 Å². The molecule has 1 aliphatic rings. The number of nitrogens with one attached hydrogen (secondary N) is 1. The fraction of sp³-hybridized carbons (Fsp3) is 0.385. The maximum Gasteiger partial charge on any atom is 0.209 e. The molecule has 1 aromatic carbocycles. The molecule has 3 rings (SSSR count). The predicted molar refractivity (Wildman–Crippen MR) is 83.9 cm³/mol. The van der Waals surface area contributed by atoms with E-state index in [0.717, 1.165) is 29.5 Å². The van der Waals surface area contributed by atoms with Crippen molar-refractivity contribution in [2.24, 2.45) is 0 Å². The summed E-state index contributed by atoms with van der Waals surface area (Å²) in [7, 11) is -3.16. The topological polar surface area (TPSA) is 75.2 Å². The van der Waals surface area contributed by atoms with Crippen molar-refractivity contribution in [2.75, 3.05) is 24.2 Å². The smallest absolute Gasteiger partial charge is 0.209 e. The zero-order chi connectivity index (χ0) is 14.9. The van der Waals surface area contributed by atoms with Gasteiger partial charge in [0.15, 0.2) is 5.82 Å². The molecule has 0 unspecified atom stereocenters. The van der Waals surface area contributed by atoms with Crippen molar-refractivity contribution in [3.8, 4) is 11.4 Å². The minimum Gasteiger partial charge on any atom is -0.345 e. The highest BCUT2D eigenvalue weighted by molar-refractivity contribution is 7.88. The van der Waals surface area contributed by atoms with Crippen LogP contribution < -0.4 is 9.62 Å². The molecule has 0 amide bonds. The monoisotopic (exact) mass is 324 g/mol. The minimum atomic E-state index is -3.16. The summed E-state index contributed by atoms with van der Waals surface area (Å²) in [6.45, 7) is 1.42. The molecule has 2 heterocycles. The lowest BCUT2D eigenvalue weighted by Crippen LogP contribution is -2.36. The Kier molecular flexibility index (Phi) is 3.92. The third-order valence-corrected chi connectivity index (χ3v) is 4.83. The average molecular weight is 324 g/mol. The number of anilines is 1. The van der Waals surface area contributed by atoms with Crippen molar-refractivity contribution in [3.63, 3.8) is 0 Å². The molecule has 0 bridgehead atoms. The second-order valence-electron chi connectivity index (χ2n) is 5.09. The maximum atomic E-state index is 11.3. The van der Waals surface area contributed by atoms with E-state index in [9.17, 15) is 8.42 Å². The van der Waals surface area contributed by atoms with Crippen LogP contribution in [0.15, 0.2) is 30.3 Å². The molecule has 1 N–H and O–H groups in total. The van der Waals surface area contributed by atoms with E-state index in [4.69, 9.17) is 0 Å². The molecule has 112 valence electrons. The first kappa shape index (κ1) is 14.4. The van der Waals surface area contributed by atoms with Gasteiger partial charge >= 0.3 is 0 Å². The van der Waals surface area contributed by atoms with Gasteiger partial charge in [-0.05, 0) is 6.42 Å². The molecule has 0 radical (unpaired) electrons. The lowest BCUT2D eigenvalue weighted by molar-refractivity contribution is 0.567. The Balaban J connectivity index is 1.71. The SMILES string of the molecule is CS(=O)(=O)N[C@@H]1CCN(c2nc(-c3ccccc3)ns2)C1. The van der Waals surface area contributed by atoms with E-state index in [2.05, 4.69) is 19.0 Å². The van der Waals surface area contributed by atoms with Gasteiger partial charge in [-0.3, -0.25) is 0 Å². The Hall–Kier alpha value is -1.51. The summed E-state index contributed by atoms with van der Waals surface area (Å²) in [5.41, 5.74) is 0.991. The van der Waals surface area contributed by atoms with E-state index >= 15 is 0 Å². The second kappa shape index (κ2) is 5.70. The zero-order valence-electron chi connectivity index (χ0n) is 11.6. The summed E-state index contributed by atoms with van der Waals surface area (Å²) in [6.07, 6.45) is 1.97. The van der Waals surface area contributed by atoms with Gasteiger partial charge in [-0.25, -0.2) is 13.1 Å². The highest BCUT2D eigenvalue weighted by Gasteiger charge is 2.27. The standard InChI is InChI=1S/C13H16N4O2S2/c1-21(18,19)16-11-7-8-17(9-11)13-14-12(15-20-13)10-5-3-2-4-6-10/h2-6,11,16H,7-9H2,1H3/t11-/m1/s1. The van der Waals surface area contributed by atoms with Gasteiger partial charge in [-0.15, -0.1) is 0 Å². The highest BCUT2D eigenvalue weighted by atomic mass is 32.2. The van der Waals surface area contributed by atoms with Gasteiger partial charge in [0, 0.05) is 36.2 Å². The van der Waals surface area contributed by atoms with E-state index in [1.165, 1.54) is 17.8 Å². The van der Waals surface area contributed by atoms with Crippen LogP contribution in [0.1, 0.15) is 6.42 Å². The first-order chi connectivity index (χ1) is 10.0. The number of hydrogen-bond donors (Lipinski definition) is 1. The third kappa shape index (κ3) is 3.58. The summed E-state index contributed by atoms with van der Waals surface area (Å²) in [6, 6.07) is 9.77. The maximum absolute atomic E-state index is 11.3. The molecule has 8 heteroatoms. The van der Waals surface area contributed by atoms with Crippen LogP contribution in [0.5, 0.6) is 0 Å². The van der Waals surface area contributed by atoms with Gasteiger partial charge in [-0.1, -0.05) is 30.3 Å². The van der Waals surface area contributed by atoms with Crippen LogP contribution in [0, 0.1) is 0 Å². The molecular formula is C13H16N4O2S2. The summed E-state index contributed by atoms with van der Waals surface area (Å²) in [5, 5.41) is 0.839. The van der Waals surface area contributed by atoms with Gasteiger partial charge in [0.25, 0.3) is 0 Å². The van der Waals surface area contributed by atoms with E-state index in [1.54, 1.807) is 0 Å². The normalized spacial score (nSPS) is 19.1. The van der Waals surface area contributed by atoms with E-state index in [1.807, 2.05) is 30.3 Å². The fourth-order valence-electron chi connectivity index (χ4n) is 2.38. The van der Waals surface area contributed by atoms with E-state index in [0.29, 0.717) is 6.54 Å². The number of rotatable bonds is 4. The van der Waals surface area contributed by atoms with Gasteiger partial charge in [-0.2, -0.15) is 9.36 Å². The number of sulfonamides is 1. The van der Waals surface area contributed by atoms with Crippen molar-refractivity contribution in [1.82, 2.24) is 14.1 Å². The van der Waals surface area contributed by atoms with Crippen LogP contribution in [-0.2, 0) is 10.0 Å². The molecule has 1 atom stereocenters. The Morgan fingerprint density at radius 2 is 2.10 bits per heavy atom. The molecule has 2 aromatic rings. The molecule has 0 aliphatic carbocycles. The van der Waals surface area contributed by atoms with Crippen LogP contribution in [-0.4, -0.2) is 43.2 Å². The zero-order valence-corrected chi connectivity index (χ0v) is 13.2. The van der Waals surface area contributed by atoms with Crippen molar-refractivity contribution in [2.45, 2.75) is 12.5 Å². The Morgan fingerprint density at radius 1 is 1.33 bits per heavy atom. The molecule has 1 fully saturated rings. The minimum absolute atomic E-state index is 0.0518. The van der Waals surface area contributed by atoms with Crippen LogP contribution in [0.25, 0.3) is 11.4 Å². The number of hydrogen-bond acceptors (Lipinski definition) is 6. The first-order valence-electron chi connectivity index (χ1n) is 6.63. The molecule has 1 aliphatic heterocycles. The van der Waals surface area contributed by atoms with Crippen molar-refractivity contribution in [3.05, 3.63) is 30.3 Å². The number of benzene rings is 1. The largest absolute Gasteiger partial charge is 0.345 e. The molecule has 0 spiro atoms. The molecule has 1 aromatic heterocycles. The first-order valence-corrected chi connectivity index (χ1v) is 9.29. The predicted octanol–water partition coefficient (Wildman–Crippen LogP) is 1.33. The molecule has 1 saturated heterocycles. The Morgan fingerprint density at radius 3 is 2.81 bits per heavy atom. The Bertz CT molecular complexity index is 715. The van der Waals surface area contributed by atoms with Crippen molar-refractivity contribution < 1.29 is 8.42 Å². The summed E-state index contributed by atoms with van der Waals surface area (Å²) in [4.78, 5) is 6.63. The lowest BCUT2D eigenvalue weighted by Gasteiger charge is -2.14. The highest BCUT2D eigenvalue weighted by Crippen LogP contribution is 2.26. The van der Waals surface area contributed by atoms with Gasteiger partial charge in [0.1, 0.15) is 0 Å². The van der Waals surface area contributed by atoms with Crippen LogP contribution in [0.2, 0.25) is 0 Å². The van der Waals surface area contributed by atoms with Crippen molar-refractivity contribution in [1.29, 1.82) is 0 Å². The summed E-state index contributed by atoms with van der Waals surface area (Å²) in [5.74, 6) is 0.718. The molecular weight excluding hydrogens is 308 g/mol. The van der Waals surface area contributed by atoms with Crippen LogP contribution >= 0.6 is 11.5 Å². The van der Waals surface area contributed by atoms with E-state index < -0.39 is 10.0 Å². The van der Waals surface area contributed by atoms with Gasteiger partial charge < -0.3 is 4.90 Å². The molecule has 0 saturated carbocycles. The average Bonchev–Trinajstić information content (AvgIpc) is 3.06. The number of aromatic nitrogens is 2. The fourth-order valence-corrected chi connectivity index (χ4v) is 3.90. The lowest BCUT2D eigenvalue weighted by atomic mass is 10.2. The Labute approximate surface area is 128 Å². The quantitative estimate of drug-likeness (QED) is 0.918. The second-order valence-corrected chi connectivity index (χ2v) is 7.60. The van der Waals surface area contributed by atoms with Crippen LogP contribution in [0.3, 0.4) is 0 Å².